The Morgan fingerprint density at radius 3 is 1.48 bits per heavy atom. The molecule has 0 aliphatic rings. The maximum absolute atomic E-state index is 4.16. The number of nitrogens with zero attached hydrogens (tertiary/aromatic N) is 1. The van der Waals surface area contributed by atoms with E-state index >= 15 is 0 Å². The summed E-state index contributed by atoms with van der Waals surface area (Å²) in [5.41, 5.74) is 1.43. The summed E-state index contributed by atoms with van der Waals surface area (Å²) in [7, 11) is 2.24. The number of hydrogen-bond acceptors (Lipinski definition) is 1. The summed E-state index contributed by atoms with van der Waals surface area (Å²) in [5.74, 6) is 0.667. The lowest BCUT2D eigenvalue weighted by Gasteiger charge is -2.20. The lowest BCUT2D eigenvalue weighted by atomic mass is 9.98. The molecule has 0 bridgehead atoms. The Morgan fingerprint density at radius 1 is 0.696 bits per heavy atom. The van der Waals surface area contributed by atoms with Gasteiger partial charge in [0.2, 0.25) is 0 Å². The molecule has 0 heterocycles. The molecule has 0 aliphatic heterocycles. The predicted octanol–water partition coefficient (Wildman–Crippen LogP) is 7.22. The van der Waals surface area contributed by atoms with E-state index in [1.807, 2.05) is 0 Å². The highest BCUT2D eigenvalue weighted by Crippen LogP contribution is 2.17. The third-order valence-corrected chi connectivity index (χ3v) is 5.21. The van der Waals surface area contributed by atoms with Gasteiger partial charge in [-0.15, -0.1) is 0 Å². The van der Waals surface area contributed by atoms with Crippen molar-refractivity contribution in [3.05, 3.63) is 12.2 Å². The fourth-order valence-electron chi connectivity index (χ4n) is 2.85. The van der Waals surface area contributed by atoms with Crippen LogP contribution in [0.25, 0.3) is 0 Å². The van der Waals surface area contributed by atoms with Gasteiger partial charge in [-0.1, -0.05) is 83.8 Å². The van der Waals surface area contributed by atoms with Crippen molar-refractivity contribution in [2.24, 2.45) is 5.92 Å². The Hall–Kier alpha value is -0.300. The van der Waals surface area contributed by atoms with Crippen molar-refractivity contribution in [1.29, 1.82) is 0 Å². The van der Waals surface area contributed by atoms with Crippen LogP contribution in [0.5, 0.6) is 0 Å². The SMILES string of the molecule is C=C(CCCCCCCCCCCCCN(C)C(C)C)C(C)C. The molecular weight excluding hydrogens is 278 g/mol. The van der Waals surface area contributed by atoms with Gasteiger partial charge in [-0.2, -0.15) is 0 Å². The van der Waals surface area contributed by atoms with Gasteiger partial charge >= 0.3 is 0 Å². The fraction of sp³-hybridized carbons (Fsp3) is 0.909. The van der Waals surface area contributed by atoms with Crippen LogP contribution in [0.2, 0.25) is 0 Å². The first-order chi connectivity index (χ1) is 10.9. The van der Waals surface area contributed by atoms with Crippen molar-refractivity contribution in [2.45, 2.75) is 111 Å². The third kappa shape index (κ3) is 15.0. The summed E-state index contributed by atoms with van der Waals surface area (Å²) in [5, 5.41) is 0. The summed E-state index contributed by atoms with van der Waals surface area (Å²) >= 11 is 0. The average molecular weight is 324 g/mol. The highest BCUT2D eigenvalue weighted by molar-refractivity contribution is 4.96. The Morgan fingerprint density at radius 2 is 1.09 bits per heavy atom. The summed E-state index contributed by atoms with van der Waals surface area (Å²) < 4.78 is 0. The van der Waals surface area contributed by atoms with Crippen LogP contribution in [0.1, 0.15) is 105 Å². The van der Waals surface area contributed by atoms with Crippen molar-refractivity contribution >= 4 is 0 Å². The van der Waals surface area contributed by atoms with Crippen molar-refractivity contribution < 1.29 is 0 Å². The second kappa shape index (κ2) is 15.2. The van der Waals surface area contributed by atoms with Crippen molar-refractivity contribution in [1.82, 2.24) is 4.90 Å². The number of unbranched alkanes of at least 4 members (excludes halogenated alkanes) is 10. The zero-order valence-electron chi connectivity index (χ0n) is 17.0. The molecule has 0 aromatic rings. The molecule has 138 valence electrons. The van der Waals surface area contributed by atoms with Crippen LogP contribution in [0, 0.1) is 5.92 Å². The van der Waals surface area contributed by atoms with E-state index in [0.29, 0.717) is 12.0 Å². The van der Waals surface area contributed by atoms with Gasteiger partial charge < -0.3 is 4.90 Å². The van der Waals surface area contributed by atoms with E-state index in [-0.39, 0.29) is 0 Å². The van der Waals surface area contributed by atoms with Gasteiger partial charge in [-0.25, -0.2) is 0 Å². The van der Waals surface area contributed by atoms with Crippen molar-refractivity contribution in [3.8, 4) is 0 Å². The van der Waals surface area contributed by atoms with Gasteiger partial charge in [0.25, 0.3) is 0 Å². The van der Waals surface area contributed by atoms with E-state index in [4.69, 9.17) is 0 Å². The topological polar surface area (TPSA) is 3.24 Å². The minimum absolute atomic E-state index is 0.667. The first kappa shape index (κ1) is 22.7. The highest BCUT2D eigenvalue weighted by atomic mass is 15.1. The number of allylic oxidation sites excluding steroid dienone is 1. The van der Waals surface area contributed by atoms with Crippen LogP contribution in [0.15, 0.2) is 12.2 Å². The molecule has 0 unspecified atom stereocenters. The molecule has 0 aromatic carbocycles. The summed E-state index contributed by atoms with van der Waals surface area (Å²) in [6, 6.07) is 0.693. The fourth-order valence-corrected chi connectivity index (χ4v) is 2.85. The molecule has 0 aromatic heterocycles. The van der Waals surface area contributed by atoms with E-state index in [1.54, 1.807) is 0 Å². The molecule has 0 rings (SSSR count). The third-order valence-electron chi connectivity index (χ3n) is 5.21. The first-order valence-corrected chi connectivity index (χ1v) is 10.3. The zero-order valence-corrected chi connectivity index (χ0v) is 17.0. The second-order valence-corrected chi connectivity index (χ2v) is 8.03. The molecule has 0 fully saturated rings. The second-order valence-electron chi connectivity index (χ2n) is 8.03. The van der Waals surface area contributed by atoms with Gasteiger partial charge in [0.1, 0.15) is 0 Å². The summed E-state index contributed by atoms with van der Waals surface area (Å²) in [4.78, 5) is 2.45. The Bertz CT molecular complexity index is 267. The summed E-state index contributed by atoms with van der Waals surface area (Å²) in [6.07, 6.45) is 16.9. The van der Waals surface area contributed by atoms with E-state index < -0.39 is 0 Å². The van der Waals surface area contributed by atoms with Gasteiger partial charge in [0, 0.05) is 6.04 Å². The van der Waals surface area contributed by atoms with Gasteiger partial charge in [0.05, 0.1) is 0 Å². The van der Waals surface area contributed by atoms with Gasteiger partial charge in [-0.3, -0.25) is 0 Å². The molecule has 0 N–H and O–H groups in total. The monoisotopic (exact) mass is 323 g/mol. The summed E-state index contributed by atoms with van der Waals surface area (Å²) in [6.45, 7) is 14.5. The maximum atomic E-state index is 4.16. The molecule has 0 radical (unpaired) electrons. The Kier molecular flexibility index (Phi) is 15.0. The van der Waals surface area contributed by atoms with Crippen molar-refractivity contribution in [3.63, 3.8) is 0 Å². The Labute approximate surface area is 147 Å². The van der Waals surface area contributed by atoms with E-state index in [1.165, 1.54) is 89.2 Å². The Balaban J connectivity index is 3.15. The molecular formula is C22H45N. The molecule has 0 atom stereocenters. The maximum Gasteiger partial charge on any atom is 0.00355 e. The normalized spacial score (nSPS) is 11.8. The molecule has 0 aliphatic carbocycles. The predicted molar refractivity (Wildman–Crippen MR) is 107 cm³/mol. The molecule has 0 saturated heterocycles. The highest BCUT2D eigenvalue weighted by Gasteiger charge is 2.02. The number of hydrogen-bond donors (Lipinski definition) is 0. The molecule has 23 heavy (non-hydrogen) atoms. The zero-order chi connectivity index (χ0) is 17.5. The average Bonchev–Trinajstić information content (AvgIpc) is 2.50. The van der Waals surface area contributed by atoms with Gasteiger partial charge in [0.15, 0.2) is 0 Å². The quantitative estimate of drug-likeness (QED) is 0.214. The van der Waals surface area contributed by atoms with E-state index in [9.17, 15) is 0 Å². The van der Waals surface area contributed by atoms with Crippen molar-refractivity contribution in [2.75, 3.05) is 13.6 Å². The van der Waals surface area contributed by atoms with Crippen LogP contribution in [0.4, 0.5) is 0 Å². The van der Waals surface area contributed by atoms with Crippen LogP contribution in [-0.4, -0.2) is 24.5 Å². The lowest BCUT2D eigenvalue weighted by Crippen LogP contribution is -2.27. The molecule has 1 heteroatoms. The van der Waals surface area contributed by atoms with E-state index in [2.05, 4.69) is 46.2 Å². The standard InChI is InChI=1S/C22H45N/c1-20(2)22(5)18-16-14-12-10-8-7-9-11-13-15-17-19-23(6)21(3)4/h20-21H,5,7-19H2,1-4,6H3. The molecule has 0 amide bonds. The number of rotatable bonds is 16. The largest absolute Gasteiger partial charge is 0.304 e. The minimum Gasteiger partial charge on any atom is -0.304 e. The lowest BCUT2D eigenvalue weighted by molar-refractivity contribution is 0.267. The van der Waals surface area contributed by atoms with Crippen LogP contribution < -0.4 is 0 Å². The molecule has 0 saturated carbocycles. The smallest absolute Gasteiger partial charge is 0.00355 e. The first-order valence-electron chi connectivity index (χ1n) is 10.3. The van der Waals surface area contributed by atoms with Crippen LogP contribution in [-0.2, 0) is 0 Å². The van der Waals surface area contributed by atoms with Gasteiger partial charge in [-0.05, 0) is 52.6 Å². The van der Waals surface area contributed by atoms with E-state index in [0.717, 1.165) is 0 Å². The van der Waals surface area contributed by atoms with Crippen LogP contribution >= 0.6 is 0 Å². The minimum atomic E-state index is 0.667. The molecule has 0 spiro atoms. The van der Waals surface area contributed by atoms with Crippen LogP contribution in [0.3, 0.4) is 0 Å². The molecule has 1 nitrogen and oxygen atoms in total.